The Kier molecular flexibility index (Phi) is 3.72. The minimum absolute atomic E-state index is 0.0486. The molecule has 2 rings (SSSR count). The molecule has 0 atom stereocenters. The van der Waals surface area contributed by atoms with Crippen LogP contribution in [0.1, 0.15) is 17.5 Å². The van der Waals surface area contributed by atoms with Gasteiger partial charge in [0.05, 0.1) is 6.61 Å². The average Bonchev–Trinajstić information content (AvgIpc) is 2.89. The molecule has 1 aliphatic heterocycles. The summed E-state index contributed by atoms with van der Waals surface area (Å²) in [5.41, 5.74) is 2.97. The highest BCUT2D eigenvalue weighted by Gasteiger charge is 2.20. The Morgan fingerprint density at radius 1 is 1.53 bits per heavy atom. The molecule has 0 radical (unpaired) electrons. The predicted octanol–water partition coefficient (Wildman–Crippen LogP) is 1.31. The lowest BCUT2D eigenvalue weighted by molar-refractivity contribution is 0.174. The Hall–Kier alpha value is -1.88. The minimum atomic E-state index is -0.0486. The van der Waals surface area contributed by atoms with Crippen molar-refractivity contribution >= 4 is 11.4 Å². The number of hydrogen-bond donors (Lipinski definition) is 1. The number of hydrogen-bond acceptors (Lipinski definition) is 5. The second-order valence-corrected chi connectivity index (χ2v) is 3.56. The van der Waals surface area contributed by atoms with Gasteiger partial charge in [0.1, 0.15) is 25.1 Å². The van der Waals surface area contributed by atoms with Crippen LogP contribution in [0.2, 0.25) is 0 Å². The zero-order chi connectivity index (χ0) is 12.1. The molecule has 0 spiro atoms. The summed E-state index contributed by atoms with van der Waals surface area (Å²) < 4.78 is 0. The molecule has 1 aliphatic rings. The van der Waals surface area contributed by atoms with Crippen LogP contribution >= 0.6 is 0 Å². The molecule has 0 amide bonds. The second-order valence-electron chi connectivity index (χ2n) is 3.56. The molecule has 0 aromatic heterocycles. The van der Waals surface area contributed by atoms with Crippen molar-refractivity contribution in [3.8, 4) is 0 Å². The molecule has 0 aliphatic carbocycles. The summed E-state index contributed by atoms with van der Waals surface area (Å²) in [4.78, 5) is 9.81. The van der Waals surface area contributed by atoms with Crippen LogP contribution in [0, 0.1) is 0 Å². The van der Waals surface area contributed by atoms with Crippen molar-refractivity contribution in [1.82, 2.24) is 0 Å². The van der Waals surface area contributed by atoms with Crippen LogP contribution in [0.15, 0.2) is 34.6 Å². The van der Waals surface area contributed by atoms with Crippen LogP contribution in [0.25, 0.3) is 0 Å². The van der Waals surface area contributed by atoms with Gasteiger partial charge < -0.3 is 14.8 Å². The maximum absolute atomic E-state index is 9.31. The quantitative estimate of drug-likeness (QED) is 0.631. The maximum Gasteiger partial charge on any atom is 0.135 e. The van der Waals surface area contributed by atoms with Gasteiger partial charge in [0.15, 0.2) is 0 Å². The van der Waals surface area contributed by atoms with Gasteiger partial charge >= 0.3 is 0 Å². The molecule has 0 unspecified atom stereocenters. The first kappa shape index (κ1) is 11.6. The number of aliphatic hydroxyl groups excluding tert-OH is 1. The summed E-state index contributed by atoms with van der Waals surface area (Å²) in [6.45, 7) is 0.506. The third-order valence-electron chi connectivity index (χ3n) is 2.50. The highest BCUT2D eigenvalue weighted by atomic mass is 16.6. The Bertz CT molecular complexity index is 455. The second kappa shape index (κ2) is 5.45. The summed E-state index contributed by atoms with van der Waals surface area (Å²) in [5.74, 6) is 0. The molecule has 5 nitrogen and oxygen atoms in total. The fraction of sp³-hybridized carbons (Fsp3) is 0.333. The summed E-state index contributed by atoms with van der Waals surface area (Å²) in [7, 11) is 1.48. The molecule has 17 heavy (non-hydrogen) atoms. The Labute approximate surface area is 99.3 Å². The molecule has 5 heteroatoms. The molecule has 90 valence electrons. The van der Waals surface area contributed by atoms with Crippen molar-refractivity contribution in [2.75, 3.05) is 13.7 Å². The van der Waals surface area contributed by atoms with Crippen molar-refractivity contribution in [1.29, 1.82) is 0 Å². The Morgan fingerprint density at radius 2 is 2.35 bits per heavy atom. The molecule has 0 bridgehead atoms. The highest BCUT2D eigenvalue weighted by molar-refractivity contribution is 6.48. The standard InChI is InChI=1S/C12H14N2O3/c1-16-14-12(11-6-7-17-13-11)10-5-3-2-4-9(10)8-15/h2-5,15H,6-8H2,1H3. The monoisotopic (exact) mass is 234 g/mol. The van der Waals surface area contributed by atoms with Crippen LogP contribution < -0.4 is 0 Å². The molecule has 0 saturated carbocycles. The van der Waals surface area contributed by atoms with Crippen LogP contribution in [-0.2, 0) is 16.3 Å². The van der Waals surface area contributed by atoms with Crippen molar-refractivity contribution in [3.05, 3.63) is 35.4 Å². The van der Waals surface area contributed by atoms with Gasteiger partial charge in [-0.05, 0) is 5.56 Å². The lowest BCUT2D eigenvalue weighted by Gasteiger charge is -2.08. The highest BCUT2D eigenvalue weighted by Crippen LogP contribution is 2.15. The van der Waals surface area contributed by atoms with Crippen LogP contribution in [-0.4, -0.2) is 30.2 Å². The van der Waals surface area contributed by atoms with Gasteiger partial charge in [0.25, 0.3) is 0 Å². The van der Waals surface area contributed by atoms with Crippen molar-refractivity contribution in [2.45, 2.75) is 13.0 Å². The Morgan fingerprint density at radius 3 is 3.00 bits per heavy atom. The minimum Gasteiger partial charge on any atom is -0.399 e. The number of aliphatic hydroxyl groups is 1. The first-order valence-electron chi connectivity index (χ1n) is 5.36. The van der Waals surface area contributed by atoms with E-state index in [1.807, 2.05) is 24.3 Å². The van der Waals surface area contributed by atoms with Crippen LogP contribution in [0.5, 0.6) is 0 Å². The van der Waals surface area contributed by atoms with E-state index < -0.39 is 0 Å². The van der Waals surface area contributed by atoms with E-state index in [2.05, 4.69) is 10.3 Å². The van der Waals surface area contributed by atoms with E-state index in [0.29, 0.717) is 18.7 Å². The van der Waals surface area contributed by atoms with Gasteiger partial charge in [0.2, 0.25) is 0 Å². The lowest BCUT2D eigenvalue weighted by atomic mass is 9.99. The van der Waals surface area contributed by atoms with E-state index in [-0.39, 0.29) is 6.61 Å². The molecule has 1 heterocycles. The average molecular weight is 234 g/mol. The van der Waals surface area contributed by atoms with Crippen LogP contribution in [0.4, 0.5) is 0 Å². The summed E-state index contributed by atoms with van der Waals surface area (Å²) >= 11 is 0. The third kappa shape index (κ3) is 2.45. The number of benzene rings is 1. The van der Waals surface area contributed by atoms with Crippen molar-refractivity contribution in [3.63, 3.8) is 0 Å². The zero-order valence-electron chi connectivity index (χ0n) is 9.59. The number of rotatable bonds is 4. The van der Waals surface area contributed by atoms with E-state index in [0.717, 1.165) is 16.8 Å². The van der Waals surface area contributed by atoms with E-state index in [4.69, 9.17) is 9.68 Å². The summed E-state index contributed by atoms with van der Waals surface area (Å²) in [6, 6.07) is 7.48. The van der Waals surface area contributed by atoms with Crippen molar-refractivity contribution < 1.29 is 14.8 Å². The van der Waals surface area contributed by atoms with E-state index >= 15 is 0 Å². The Balaban J connectivity index is 2.42. The molecule has 0 fully saturated rings. The van der Waals surface area contributed by atoms with Crippen LogP contribution in [0.3, 0.4) is 0 Å². The molecular weight excluding hydrogens is 220 g/mol. The zero-order valence-corrected chi connectivity index (χ0v) is 9.59. The third-order valence-corrected chi connectivity index (χ3v) is 2.50. The predicted molar refractivity (Wildman–Crippen MR) is 63.9 cm³/mol. The first-order chi connectivity index (χ1) is 8.36. The smallest absolute Gasteiger partial charge is 0.135 e. The first-order valence-corrected chi connectivity index (χ1v) is 5.36. The molecular formula is C12H14N2O3. The molecule has 1 N–H and O–H groups in total. The van der Waals surface area contributed by atoms with Crippen molar-refractivity contribution in [2.24, 2.45) is 10.3 Å². The summed E-state index contributed by atoms with van der Waals surface area (Å²) in [6.07, 6.45) is 0.696. The topological polar surface area (TPSA) is 63.4 Å². The maximum atomic E-state index is 9.31. The fourth-order valence-electron chi connectivity index (χ4n) is 1.71. The normalized spacial score (nSPS) is 15.4. The lowest BCUT2D eigenvalue weighted by Crippen LogP contribution is -2.16. The fourth-order valence-corrected chi connectivity index (χ4v) is 1.71. The molecule has 1 aromatic rings. The summed E-state index contributed by atoms with van der Waals surface area (Å²) in [5, 5.41) is 17.2. The number of nitrogens with zero attached hydrogens (tertiary/aromatic N) is 2. The SMILES string of the molecule is CON=C(C1=NOCC1)c1ccccc1CO. The van der Waals surface area contributed by atoms with Gasteiger partial charge in [-0.25, -0.2) is 0 Å². The van der Waals surface area contributed by atoms with E-state index in [9.17, 15) is 5.11 Å². The van der Waals surface area contributed by atoms with Gasteiger partial charge in [-0.3, -0.25) is 0 Å². The van der Waals surface area contributed by atoms with E-state index in [1.54, 1.807) is 0 Å². The largest absolute Gasteiger partial charge is 0.399 e. The van der Waals surface area contributed by atoms with Gasteiger partial charge in [-0.2, -0.15) is 0 Å². The van der Waals surface area contributed by atoms with E-state index in [1.165, 1.54) is 7.11 Å². The number of oxime groups is 2. The van der Waals surface area contributed by atoms with Gasteiger partial charge in [-0.1, -0.05) is 34.6 Å². The van der Waals surface area contributed by atoms with Gasteiger partial charge in [0, 0.05) is 12.0 Å². The molecule has 0 saturated heterocycles. The molecule has 1 aromatic carbocycles. The van der Waals surface area contributed by atoms with Gasteiger partial charge in [-0.15, -0.1) is 0 Å².